The van der Waals surface area contributed by atoms with Gasteiger partial charge in [0.1, 0.15) is 5.60 Å². The van der Waals surface area contributed by atoms with Gasteiger partial charge in [0.05, 0.1) is 0 Å². The monoisotopic (exact) mass is 400 g/mol. The third kappa shape index (κ3) is 7.74. The van der Waals surface area contributed by atoms with Crippen molar-refractivity contribution in [3.63, 3.8) is 0 Å². The Balaban J connectivity index is 2.57. The minimum absolute atomic E-state index is 0.0210. The minimum atomic E-state index is -1.71. The lowest BCUT2D eigenvalue weighted by Gasteiger charge is -2.42. The van der Waals surface area contributed by atoms with Crippen LogP contribution < -0.4 is 10.6 Å². The predicted molar refractivity (Wildman–Crippen MR) is 116 cm³/mol. The molecular formula is C21H44N2O3Si. The third-order valence-electron chi connectivity index (χ3n) is 6.11. The molecule has 5 nitrogen and oxygen atoms in total. The smallest absolute Gasteiger partial charge is 0.407 e. The quantitative estimate of drug-likeness (QED) is 0.611. The summed E-state index contributed by atoms with van der Waals surface area (Å²) < 4.78 is 12.0. The van der Waals surface area contributed by atoms with Crippen LogP contribution >= 0.6 is 0 Å². The van der Waals surface area contributed by atoms with Crippen molar-refractivity contribution in [3.05, 3.63) is 0 Å². The average molecular weight is 401 g/mol. The molecule has 0 aromatic carbocycles. The second kappa shape index (κ2) is 9.27. The molecule has 0 radical (unpaired) electrons. The second-order valence-corrected chi connectivity index (χ2v) is 15.4. The van der Waals surface area contributed by atoms with Crippen LogP contribution in [-0.2, 0) is 9.16 Å². The summed E-state index contributed by atoms with van der Waals surface area (Å²) in [6, 6.07) is 0.263. The Labute approximate surface area is 168 Å². The van der Waals surface area contributed by atoms with E-state index >= 15 is 0 Å². The van der Waals surface area contributed by atoms with Gasteiger partial charge in [0.25, 0.3) is 0 Å². The van der Waals surface area contributed by atoms with Gasteiger partial charge in [-0.2, -0.15) is 0 Å². The number of alkyl carbamates (subject to hydrolysis) is 1. The van der Waals surface area contributed by atoms with Crippen molar-refractivity contribution >= 4 is 14.4 Å². The summed E-state index contributed by atoms with van der Waals surface area (Å²) in [5.74, 6) is 0.541. The number of ether oxygens (including phenoxy) is 1. The van der Waals surface area contributed by atoms with E-state index in [1.54, 1.807) is 0 Å². The average Bonchev–Trinajstić information content (AvgIpc) is 2.46. The van der Waals surface area contributed by atoms with E-state index in [1.165, 1.54) is 0 Å². The summed E-state index contributed by atoms with van der Waals surface area (Å²) in [6.07, 6.45) is 4.51. The summed E-state index contributed by atoms with van der Waals surface area (Å²) in [6.45, 7) is 19.3. The lowest BCUT2D eigenvalue weighted by molar-refractivity contribution is 0.0474. The molecule has 1 aliphatic carbocycles. The van der Waals surface area contributed by atoms with Crippen molar-refractivity contribution in [2.45, 2.75) is 116 Å². The Hall–Kier alpha value is -0.593. The first-order valence-electron chi connectivity index (χ1n) is 10.5. The van der Waals surface area contributed by atoms with Crippen LogP contribution in [0.25, 0.3) is 0 Å². The van der Waals surface area contributed by atoms with Gasteiger partial charge < -0.3 is 19.8 Å². The molecule has 0 bridgehead atoms. The van der Waals surface area contributed by atoms with Crippen molar-refractivity contribution in [3.8, 4) is 0 Å². The fourth-order valence-corrected chi connectivity index (χ4v) is 5.06. The fourth-order valence-electron chi connectivity index (χ4n) is 3.64. The van der Waals surface area contributed by atoms with Gasteiger partial charge in [-0.15, -0.1) is 0 Å². The van der Waals surface area contributed by atoms with Crippen LogP contribution in [-0.4, -0.2) is 45.2 Å². The molecule has 6 heteroatoms. The van der Waals surface area contributed by atoms with Crippen LogP contribution in [0.2, 0.25) is 18.1 Å². The standard InChI is InChI=1S/C21H44N2O3Si/c1-15(23-19(24)25-20(2,3)4)18(22-8)16-11-13-17(14-12-16)26-27(9,10)21(5,6)7/h15-18,22H,11-14H2,1-10H3,(H,23,24). The first-order chi connectivity index (χ1) is 12.2. The molecule has 0 saturated heterocycles. The predicted octanol–water partition coefficient (Wildman–Crippen LogP) is 5.07. The van der Waals surface area contributed by atoms with Crippen LogP contribution in [0.4, 0.5) is 4.79 Å². The lowest BCUT2D eigenvalue weighted by atomic mass is 9.80. The highest BCUT2D eigenvalue weighted by molar-refractivity contribution is 6.74. The summed E-state index contributed by atoms with van der Waals surface area (Å²) in [5, 5.41) is 6.68. The molecule has 1 rings (SSSR count). The van der Waals surface area contributed by atoms with Crippen LogP contribution in [0, 0.1) is 5.92 Å². The molecule has 0 aromatic heterocycles. The zero-order valence-corrected chi connectivity index (χ0v) is 20.4. The number of hydrogen-bond donors (Lipinski definition) is 2. The lowest BCUT2D eigenvalue weighted by Crippen LogP contribution is -2.53. The highest BCUT2D eigenvalue weighted by Crippen LogP contribution is 2.40. The van der Waals surface area contributed by atoms with E-state index < -0.39 is 13.9 Å². The van der Waals surface area contributed by atoms with E-state index in [1.807, 2.05) is 27.8 Å². The summed E-state index contributed by atoms with van der Waals surface area (Å²) >= 11 is 0. The molecule has 0 aliphatic heterocycles. The van der Waals surface area contributed by atoms with Crippen molar-refractivity contribution in [2.24, 2.45) is 5.92 Å². The van der Waals surface area contributed by atoms with Crippen LogP contribution in [0.5, 0.6) is 0 Å². The number of likely N-dealkylation sites (N-methyl/N-ethyl adjacent to an activating group) is 1. The van der Waals surface area contributed by atoms with E-state index in [-0.39, 0.29) is 23.2 Å². The zero-order valence-electron chi connectivity index (χ0n) is 19.4. The third-order valence-corrected chi connectivity index (χ3v) is 10.6. The highest BCUT2D eigenvalue weighted by Gasteiger charge is 2.40. The number of carbonyl (C=O) groups is 1. The first-order valence-corrected chi connectivity index (χ1v) is 13.4. The summed E-state index contributed by atoms with van der Waals surface area (Å²) in [7, 11) is 0.277. The highest BCUT2D eigenvalue weighted by atomic mass is 28.4. The van der Waals surface area contributed by atoms with Gasteiger partial charge in [-0.25, -0.2) is 4.79 Å². The molecule has 0 aromatic rings. The maximum absolute atomic E-state index is 12.1. The molecule has 2 unspecified atom stereocenters. The van der Waals surface area contributed by atoms with Crippen molar-refractivity contribution in [1.82, 2.24) is 10.6 Å². The molecule has 1 saturated carbocycles. The fraction of sp³-hybridized carbons (Fsp3) is 0.952. The van der Waals surface area contributed by atoms with Gasteiger partial charge in [-0.1, -0.05) is 20.8 Å². The second-order valence-electron chi connectivity index (χ2n) is 10.7. The Morgan fingerprint density at radius 3 is 1.96 bits per heavy atom. The molecular weight excluding hydrogens is 356 g/mol. The number of rotatable bonds is 6. The number of nitrogens with one attached hydrogen (secondary N) is 2. The topological polar surface area (TPSA) is 59.6 Å². The van der Waals surface area contributed by atoms with Crippen molar-refractivity contribution < 1.29 is 14.0 Å². The van der Waals surface area contributed by atoms with E-state index in [4.69, 9.17) is 9.16 Å². The molecule has 27 heavy (non-hydrogen) atoms. The Morgan fingerprint density at radius 2 is 1.56 bits per heavy atom. The SMILES string of the molecule is CNC(C1CCC(O[Si](C)(C)C(C)(C)C)CC1)C(C)NC(=O)OC(C)(C)C. The summed E-state index contributed by atoms with van der Waals surface area (Å²) in [5.41, 5.74) is -0.474. The van der Waals surface area contributed by atoms with Gasteiger partial charge >= 0.3 is 6.09 Å². The van der Waals surface area contributed by atoms with Crippen molar-refractivity contribution in [2.75, 3.05) is 7.05 Å². The van der Waals surface area contributed by atoms with E-state index in [0.29, 0.717) is 12.0 Å². The molecule has 2 atom stereocenters. The summed E-state index contributed by atoms with van der Waals surface area (Å²) in [4.78, 5) is 12.1. The van der Waals surface area contributed by atoms with E-state index in [2.05, 4.69) is 51.4 Å². The molecule has 0 heterocycles. The number of amides is 1. The van der Waals surface area contributed by atoms with Crippen molar-refractivity contribution in [1.29, 1.82) is 0 Å². The minimum Gasteiger partial charge on any atom is -0.444 e. The number of hydrogen-bond acceptors (Lipinski definition) is 4. The first kappa shape index (κ1) is 24.4. The van der Waals surface area contributed by atoms with Gasteiger partial charge in [0.2, 0.25) is 0 Å². The Morgan fingerprint density at radius 1 is 1.04 bits per heavy atom. The number of carbonyl (C=O) groups excluding carboxylic acids is 1. The van der Waals surface area contributed by atoms with Gasteiger partial charge in [0, 0.05) is 18.2 Å². The van der Waals surface area contributed by atoms with Gasteiger partial charge in [-0.05, 0) is 84.5 Å². The molecule has 160 valence electrons. The molecule has 1 fully saturated rings. The van der Waals surface area contributed by atoms with Crippen LogP contribution in [0.3, 0.4) is 0 Å². The zero-order chi connectivity index (χ0) is 21.0. The molecule has 1 aliphatic rings. The Bertz CT molecular complexity index is 475. The molecule has 0 spiro atoms. The Kier molecular flexibility index (Phi) is 8.39. The van der Waals surface area contributed by atoms with E-state index in [0.717, 1.165) is 25.7 Å². The normalized spacial score (nSPS) is 24.2. The molecule has 2 N–H and O–H groups in total. The van der Waals surface area contributed by atoms with E-state index in [9.17, 15) is 4.79 Å². The van der Waals surface area contributed by atoms with Gasteiger partial charge in [-0.3, -0.25) is 0 Å². The maximum atomic E-state index is 12.1. The van der Waals surface area contributed by atoms with Gasteiger partial charge in [0.15, 0.2) is 8.32 Å². The molecule has 1 amide bonds. The maximum Gasteiger partial charge on any atom is 0.407 e. The largest absolute Gasteiger partial charge is 0.444 e. The van der Waals surface area contributed by atoms with Crippen LogP contribution in [0.15, 0.2) is 0 Å². The van der Waals surface area contributed by atoms with Crippen LogP contribution in [0.1, 0.15) is 74.1 Å².